The number of hydrogen-bond acceptors (Lipinski definition) is 3. The molecule has 0 heterocycles. The van der Waals surface area contributed by atoms with Crippen LogP contribution in [-0.4, -0.2) is 30.9 Å². The molecule has 0 radical (unpaired) electrons. The average molecular weight is 187 g/mol. The van der Waals surface area contributed by atoms with Crippen molar-refractivity contribution < 1.29 is 14.3 Å². The standard InChI is InChI=1S/C9H17NO3/c1-5-9(3,13-4)8(12)10-6-7(2)11/h5-6H2,1-4H3,(H,10,12). The number of carbonyl (C=O) groups is 2. The van der Waals surface area contributed by atoms with Crippen LogP contribution in [0.1, 0.15) is 27.2 Å². The van der Waals surface area contributed by atoms with Crippen LogP contribution in [0.3, 0.4) is 0 Å². The lowest BCUT2D eigenvalue weighted by molar-refractivity contribution is -0.142. The molecule has 1 atom stereocenters. The zero-order valence-corrected chi connectivity index (χ0v) is 8.64. The number of rotatable bonds is 5. The van der Waals surface area contributed by atoms with Gasteiger partial charge in [-0.3, -0.25) is 9.59 Å². The molecule has 0 spiro atoms. The largest absolute Gasteiger partial charge is 0.369 e. The maximum atomic E-state index is 11.4. The van der Waals surface area contributed by atoms with Crippen molar-refractivity contribution in [3.63, 3.8) is 0 Å². The van der Waals surface area contributed by atoms with E-state index in [9.17, 15) is 9.59 Å². The van der Waals surface area contributed by atoms with E-state index < -0.39 is 5.60 Å². The Labute approximate surface area is 78.6 Å². The molecule has 0 saturated carbocycles. The van der Waals surface area contributed by atoms with Crippen molar-refractivity contribution in [3.05, 3.63) is 0 Å². The van der Waals surface area contributed by atoms with Crippen LogP contribution in [0.15, 0.2) is 0 Å². The molecule has 13 heavy (non-hydrogen) atoms. The van der Waals surface area contributed by atoms with E-state index in [0.717, 1.165) is 0 Å². The van der Waals surface area contributed by atoms with E-state index in [1.165, 1.54) is 14.0 Å². The zero-order valence-electron chi connectivity index (χ0n) is 8.64. The number of ketones is 1. The fraction of sp³-hybridized carbons (Fsp3) is 0.778. The van der Waals surface area contributed by atoms with Crippen LogP contribution in [0.4, 0.5) is 0 Å². The summed E-state index contributed by atoms with van der Waals surface area (Å²) in [5, 5.41) is 2.51. The van der Waals surface area contributed by atoms with Gasteiger partial charge in [0.25, 0.3) is 5.91 Å². The first kappa shape index (κ1) is 12.1. The van der Waals surface area contributed by atoms with Crippen LogP contribution in [0, 0.1) is 0 Å². The number of methoxy groups -OCH3 is 1. The summed E-state index contributed by atoms with van der Waals surface area (Å²) >= 11 is 0. The second-order valence-corrected chi connectivity index (χ2v) is 3.17. The van der Waals surface area contributed by atoms with Gasteiger partial charge >= 0.3 is 0 Å². The fourth-order valence-electron chi connectivity index (χ4n) is 0.789. The second kappa shape index (κ2) is 4.97. The first-order chi connectivity index (χ1) is 5.96. The molecule has 1 N–H and O–H groups in total. The molecule has 0 saturated heterocycles. The number of ether oxygens (including phenoxy) is 1. The van der Waals surface area contributed by atoms with Gasteiger partial charge in [0, 0.05) is 7.11 Å². The van der Waals surface area contributed by atoms with Crippen molar-refractivity contribution in [1.82, 2.24) is 5.32 Å². The highest BCUT2D eigenvalue weighted by Crippen LogP contribution is 2.13. The molecule has 0 aromatic rings. The summed E-state index contributed by atoms with van der Waals surface area (Å²) in [4.78, 5) is 22.0. The molecule has 76 valence electrons. The number of carbonyl (C=O) groups excluding carboxylic acids is 2. The van der Waals surface area contributed by atoms with Crippen molar-refractivity contribution in [2.75, 3.05) is 13.7 Å². The maximum absolute atomic E-state index is 11.4. The number of Topliss-reactive ketones (excluding diaryl/α,β-unsaturated/α-hetero) is 1. The van der Waals surface area contributed by atoms with Crippen LogP contribution < -0.4 is 5.32 Å². The van der Waals surface area contributed by atoms with Crippen molar-refractivity contribution >= 4 is 11.7 Å². The molecular weight excluding hydrogens is 170 g/mol. The molecule has 0 fully saturated rings. The van der Waals surface area contributed by atoms with Gasteiger partial charge < -0.3 is 10.1 Å². The van der Waals surface area contributed by atoms with E-state index in [2.05, 4.69) is 5.32 Å². The molecule has 0 aromatic carbocycles. The summed E-state index contributed by atoms with van der Waals surface area (Å²) in [7, 11) is 1.48. The van der Waals surface area contributed by atoms with E-state index in [1.54, 1.807) is 6.92 Å². The molecule has 0 aliphatic heterocycles. The highest BCUT2D eigenvalue weighted by Gasteiger charge is 2.30. The number of hydrogen-bond donors (Lipinski definition) is 1. The quantitative estimate of drug-likeness (QED) is 0.682. The van der Waals surface area contributed by atoms with Crippen LogP contribution in [0.25, 0.3) is 0 Å². The minimum Gasteiger partial charge on any atom is -0.369 e. The van der Waals surface area contributed by atoms with Crippen LogP contribution in [0.2, 0.25) is 0 Å². The number of amides is 1. The third-order valence-electron chi connectivity index (χ3n) is 2.10. The molecule has 4 nitrogen and oxygen atoms in total. The highest BCUT2D eigenvalue weighted by atomic mass is 16.5. The molecule has 1 unspecified atom stereocenters. The SMILES string of the molecule is CCC(C)(OC)C(=O)NCC(C)=O. The normalized spacial score (nSPS) is 14.8. The first-order valence-corrected chi connectivity index (χ1v) is 4.29. The minimum absolute atomic E-state index is 0.0668. The van der Waals surface area contributed by atoms with E-state index in [-0.39, 0.29) is 18.2 Å². The van der Waals surface area contributed by atoms with E-state index in [0.29, 0.717) is 6.42 Å². The second-order valence-electron chi connectivity index (χ2n) is 3.17. The maximum Gasteiger partial charge on any atom is 0.252 e. The molecule has 0 bridgehead atoms. The summed E-state index contributed by atoms with van der Waals surface area (Å²) in [5.74, 6) is -0.310. The van der Waals surface area contributed by atoms with Crippen molar-refractivity contribution in [1.29, 1.82) is 0 Å². The topological polar surface area (TPSA) is 55.4 Å². The lowest BCUT2D eigenvalue weighted by atomic mass is 10.0. The Kier molecular flexibility index (Phi) is 4.62. The Balaban J connectivity index is 4.15. The van der Waals surface area contributed by atoms with Crippen molar-refractivity contribution in [3.8, 4) is 0 Å². The fourth-order valence-corrected chi connectivity index (χ4v) is 0.789. The Morgan fingerprint density at radius 1 is 1.46 bits per heavy atom. The summed E-state index contributed by atoms with van der Waals surface area (Å²) in [6, 6.07) is 0. The van der Waals surface area contributed by atoms with E-state index in [4.69, 9.17) is 4.74 Å². The summed E-state index contributed by atoms with van der Waals surface area (Å²) < 4.78 is 5.06. The van der Waals surface area contributed by atoms with Crippen molar-refractivity contribution in [2.45, 2.75) is 32.8 Å². The van der Waals surface area contributed by atoms with Gasteiger partial charge in [-0.1, -0.05) is 6.92 Å². The number of nitrogens with one attached hydrogen (secondary N) is 1. The Morgan fingerprint density at radius 2 is 2.00 bits per heavy atom. The smallest absolute Gasteiger partial charge is 0.252 e. The molecule has 0 aliphatic carbocycles. The van der Waals surface area contributed by atoms with Crippen LogP contribution in [0.5, 0.6) is 0 Å². The molecular formula is C9H17NO3. The first-order valence-electron chi connectivity index (χ1n) is 4.29. The molecule has 0 rings (SSSR count). The van der Waals surface area contributed by atoms with E-state index >= 15 is 0 Å². The summed E-state index contributed by atoms with van der Waals surface area (Å²) in [6.07, 6.45) is 0.577. The lowest BCUT2D eigenvalue weighted by Crippen LogP contribution is -2.46. The van der Waals surface area contributed by atoms with Gasteiger partial charge in [0.2, 0.25) is 0 Å². The Morgan fingerprint density at radius 3 is 2.31 bits per heavy atom. The third kappa shape index (κ3) is 3.55. The van der Waals surface area contributed by atoms with Gasteiger partial charge in [-0.05, 0) is 20.3 Å². The monoisotopic (exact) mass is 187 g/mol. The van der Waals surface area contributed by atoms with Crippen LogP contribution >= 0.6 is 0 Å². The van der Waals surface area contributed by atoms with Gasteiger partial charge in [0.05, 0.1) is 6.54 Å². The minimum atomic E-state index is -0.824. The molecule has 0 aliphatic rings. The van der Waals surface area contributed by atoms with Gasteiger partial charge in [-0.25, -0.2) is 0 Å². The zero-order chi connectivity index (χ0) is 10.5. The van der Waals surface area contributed by atoms with Gasteiger partial charge in [-0.15, -0.1) is 0 Å². The van der Waals surface area contributed by atoms with E-state index in [1.807, 2.05) is 6.92 Å². The third-order valence-corrected chi connectivity index (χ3v) is 2.10. The molecule has 0 aromatic heterocycles. The molecule has 1 amide bonds. The van der Waals surface area contributed by atoms with Gasteiger partial charge in [-0.2, -0.15) is 0 Å². The highest BCUT2D eigenvalue weighted by molar-refractivity contribution is 5.89. The van der Waals surface area contributed by atoms with Gasteiger partial charge in [0.15, 0.2) is 0 Å². The summed E-state index contributed by atoms with van der Waals surface area (Å²) in [6.45, 7) is 5.05. The summed E-state index contributed by atoms with van der Waals surface area (Å²) in [5.41, 5.74) is -0.824. The predicted molar refractivity (Wildman–Crippen MR) is 49.4 cm³/mol. The van der Waals surface area contributed by atoms with Gasteiger partial charge in [0.1, 0.15) is 11.4 Å². The predicted octanol–water partition coefficient (Wildman–Crippen LogP) is 0.507. The van der Waals surface area contributed by atoms with Crippen molar-refractivity contribution in [2.24, 2.45) is 0 Å². The average Bonchev–Trinajstić information content (AvgIpc) is 2.12. The van der Waals surface area contributed by atoms with Crippen LogP contribution in [-0.2, 0) is 14.3 Å². The molecule has 4 heteroatoms. The Hall–Kier alpha value is -0.900. The lowest BCUT2D eigenvalue weighted by Gasteiger charge is -2.24. The Bertz CT molecular complexity index is 197.